The SMILES string of the molecule is CC(c1cccs1)N(C)CC(=O)Nc1ccc(Cl)cc1F. The second-order valence-electron chi connectivity index (χ2n) is 4.78. The third-order valence-corrected chi connectivity index (χ3v) is 4.49. The number of hydrogen-bond donors (Lipinski definition) is 1. The zero-order chi connectivity index (χ0) is 15.4. The van der Waals surface area contributed by atoms with Crippen LogP contribution in [0.3, 0.4) is 0 Å². The standard InChI is InChI=1S/C15H16ClFN2OS/c1-10(14-4-3-7-21-14)19(2)9-15(20)18-13-6-5-11(16)8-12(13)17/h3-8,10H,9H2,1-2H3,(H,18,20). The molecule has 1 atom stereocenters. The number of nitrogens with zero attached hydrogens (tertiary/aromatic N) is 1. The van der Waals surface area contributed by atoms with Gasteiger partial charge in [0.2, 0.25) is 5.91 Å². The molecular formula is C15H16ClFN2OS. The first-order chi connectivity index (χ1) is 9.97. The van der Waals surface area contributed by atoms with E-state index in [0.717, 1.165) is 0 Å². The maximum Gasteiger partial charge on any atom is 0.238 e. The molecule has 1 amide bonds. The molecule has 0 aliphatic carbocycles. The van der Waals surface area contributed by atoms with Crippen LogP contribution in [0.1, 0.15) is 17.8 Å². The van der Waals surface area contributed by atoms with E-state index in [0.29, 0.717) is 5.02 Å². The van der Waals surface area contributed by atoms with E-state index in [1.165, 1.54) is 23.1 Å². The lowest BCUT2D eigenvalue weighted by Gasteiger charge is -2.23. The van der Waals surface area contributed by atoms with Gasteiger partial charge in [0.15, 0.2) is 0 Å². The van der Waals surface area contributed by atoms with Crippen LogP contribution >= 0.6 is 22.9 Å². The maximum atomic E-state index is 13.6. The number of thiophene rings is 1. The Hall–Kier alpha value is -1.43. The average molecular weight is 327 g/mol. The van der Waals surface area contributed by atoms with Gasteiger partial charge in [0, 0.05) is 15.9 Å². The van der Waals surface area contributed by atoms with Gasteiger partial charge in [-0.25, -0.2) is 4.39 Å². The Labute approximate surface area is 132 Å². The summed E-state index contributed by atoms with van der Waals surface area (Å²) in [6, 6.07) is 8.31. The highest BCUT2D eigenvalue weighted by molar-refractivity contribution is 7.10. The predicted molar refractivity (Wildman–Crippen MR) is 85.4 cm³/mol. The zero-order valence-electron chi connectivity index (χ0n) is 11.8. The van der Waals surface area contributed by atoms with Crippen molar-refractivity contribution in [3.05, 3.63) is 51.4 Å². The first kappa shape index (κ1) is 15.9. The molecule has 0 saturated heterocycles. The maximum absolute atomic E-state index is 13.6. The van der Waals surface area contributed by atoms with Gasteiger partial charge in [-0.3, -0.25) is 9.69 Å². The van der Waals surface area contributed by atoms with Crippen molar-refractivity contribution in [2.75, 3.05) is 18.9 Å². The molecule has 0 aliphatic rings. The van der Waals surface area contributed by atoms with Crippen LogP contribution in [-0.4, -0.2) is 24.4 Å². The molecule has 0 fully saturated rings. The molecule has 0 bridgehead atoms. The van der Waals surface area contributed by atoms with Crippen molar-refractivity contribution in [1.82, 2.24) is 4.90 Å². The van der Waals surface area contributed by atoms with Gasteiger partial charge in [0.05, 0.1) is 12.2 Å². The van der Waals surface area contributed by atoms with E-state index >= 15 is 0 Å². The van der Waals surface area contributed by atoms with Gasteiger partial charge < -0.3 is 5.32 Å². The molecule has 112 valence electrons. The summed E-state index contributed by atoms with van der Waals surface area (Å²) in [4.78, 5) is 15.1. The molecule has 0 aliphatic heterocycles. The van der Waals surface area contributed by atoms with E-state index < -0.39 is 5.82 Å². The van der Waals surface area contributed by atoms with Gasteiger partial charge >= 0.3 is 0 Å². The van der Waals surface area contributed by atoms with E-state index in [9.17, 15) is 9.18 Å². The molecule has 1 aromatic carbocycles. The van der Waals surface area contributed by atoms with Crippen LogP contribution < -0.4 is 5.32 Å². The van der Waals surface area contributed by atoms with Crippen molar-refractivity contribution >= 4 is 34.5 Å². The highest BCUT2D eigenvalue weighted by Crippen LogP contribution is 2.23. The van der Waals surface area contributed by atoms with Crippen molar-refractivity contribution in [3.63, 3.8) is 0 Å². The second-order valence-corrected chi connectivity index (χ2v) is 6.19. The van der Waals surface area contributed by atoms with Crippen LogP contribution in [0.2, 0.25) is 5.02 Å². The lowest BCUT2D eigenvalue weighted by molar-refractivity contribution is -0.117. The third-order valence-electron chi connectivity index (χ3n) is 3.21. The largest absolute Gasteiger partial charge is 0.322 e. The number of carbonyl (C=O) groups is 1. The number of halogens is 2. The van der Waals surface area contributed by atoms with Gasteiger partial charge in [0.1, 0.15) is 5.82 Å². The minimum Gasteiger partial charge on any atom is -0.322 e. The van der Waals surface area contributed by atoms with Crippen LogP contribution in [0.4, 0.5) is 10.1 Å². The molecule has 3 nitrogen and oxygen atoms in total. The van der Waals surface area contributed by atoms with Gasteiger partial charge in [-0.15, -0.1) is 11.3 Å². The Balaban J connectivity index is 1.95. The predicted octanol–water partition coefficient (Wildman–Crippen LogP) is 4.17. The first-order valence-electron chi connectivity index (χ1n) is 6.46. The summed E-state index contributed by atoms with van der Waals surface area (Å²) in [5, 5.41) is 4.86. The summed E-state index contributed by atoms with van der Waals surface area (Å²) in [5.74, 6) is -0.799. The van der Waals surface area contributed by atoms with Gasteiger partial charge in [-0.1, -0.05) is 17.7 Å². The molecule has 6 heteroatoms. The molecule has 1 heterocycles. The summed E-state index contributed by atoms with van der Waals surface area (Å²) in [6.07, 6.45) is 0. The Kier molecular flexibility index (Phi) is 5.33. The highest BCUT2D eigenvalue weighted by atomic mass is 35.5. The number of carbonyl (C=O) groups excluding carboxylic acids is 1. The van der Waals surface area contributed by atoms with E-state index in [1.807, 2.05) is 36.4 Å². The van der Waals surface area contributed by atoms with E-state index in [2.05, 4.69) is 5.32 Å². The van der Waals surface area contributed by atoms with Crippen molar-refractivity contribution in [2.45, 2.75) is 13.0 Å². The number of benzene rings is 1. The number of amides is 1. The third kappa shape index (κ3) is 4.27. The van der Waals surface area contributed by atoms with Crippen molar-refractivity contribution in [2.24, 2.45) is 0 Å². The molecule has 2 aromatic rings. The highest BCUT2D eigenvalue weighted by Gasteiger charge is 2.16. The molecule has 1 aromatic heterocycles. The summed E-state index contributed by atoms with van der Waals surface area (Å²) in [5.41, 5.74) is 0.140. The normalized spacial score (nSPS) is 12.4. The fourth-order valence-corrected chi connectivity index (χ4v) is 2.90. The zero-order valence-corrected chi connectivity index (χ0v) is 13.3. The molecule has 0 radical (unpaired) electrons. The van der Waals surface area contributed by atoms with E-state index in [4.69, 9.17) is 11.6 Å². The van der Waals surface area contributed by atoms with Gasteiger partial charge in [-0.2, -0.15) is 0 Å². The summed E-state index contributed by atoms with van der Waals surface area (Å²) < 4.78 is 13.6. The lowest BCUT2D eigenvalue weighted by Crippen LogP contribution is -2.32. The van der Waals surface area contributed by atoms with Gasteiger partial charge in [0.25, 0.3) is 0 Å². The molecular weight excluding hydrogens is 311 g/mol. The van der Waals surface area contributed by atoms with Crippen LogP contribution in [0, 0.1) is 5.82 Å². The minimum atomic E-state index is -0.537. The number of hydrogen-bond acceptors (Lipinski definition) is 3. The number of nitrogens with one attached hydrogen (secondary N) is 1. The second kappa shape index (κ2) is 7.02. The molecule has 1 unspecified atom stereocenters. The van der Waals surface area contributed by atoms with Crippen molar-refractivity contribution in [3.8, 4) is 0 Å². The van der Waals surface area contributed by atoms with Gasteiger partial charge in [-0.05, 0) is 43.6 Å². The Morgan fingerprint density at radius 3 is 2.86 bits per heavy atom. The van der Waals surface area contributed by atoms with Crippen LogP contribution in [0.25, 0.3) is 0 Å². The molecule has 2 rings (SSSR count). The first-order valence-corrected chi connectivity index (χ1v) is 7.71. The number of likely N-dealkylation sites (N-methyl/N-ethyl adjacent to an activating group) is 1. The summed E-state index contributed by atoms with van der Waals surface area (Å²) >= 11 is 7.32. The topological polar surface area (TPSA) is 32.3 Å². The van der Waals surface area contributed by atoms with E-state index in [-0.39, 0.29) is 24.2 Å². The van der Waals surface area contributed by atoms with Crippen LogP contribution in [0.15, 0.2) is 35.7 Å². The van der Waals surface area contributed by atoms with Crippen molar-refractivity contribution < 1.29 is 9.18 Å². The Morgan fingerprint density at radius 1 is 1.48 bits per heavy atom. The quantitative estimate of drug-likeness (QED) is 0.894. The lowest BCUT2D eigenvalue weighted by atomic mass is 10.2. The summed E-state index contributed by atoms with van der Waals surface area (Å²) in [6.45, 7) is 2.21. The van der Waals surface area contributed by atoms with Crippen molar-refractivity contribution in [1.29, 1.82) is 0 Å². The average Bonchev–Trinajstić information content (AvgIpc) is 2.95. The van der Waals surface area contributed by atoms with Crippen LogP contribution in [0.5, 0.6) is 0 Å². The molecule has 0 spiro atoms. The Bertz CT molecular complexity index is 618. The minimum absolute atomic E-state index is 0.130. The van der Waals surface area contributed by atoms with E-state index in [1.54, 1.807) is 11.3 Å². The van der Waals surface area contributed by atoms with Crippen LogP contribution in [-0.2, 0) is 4.79 Å². The number of rotatable bonds is 5. The fourth-order valence-electron chi connectivity index (χ4n) is 1.89. The fraction of sp³-hybridized carbons (Fsp3) is 0.267. The molecule has 21 heavy (non-hydrogen) atoms. The molecule has 1 N–H and O–H groups in total. The number of anilines is 1. The Morgan fingerprint density at radius 2 is 2.24 bits per heavy atom. The monoisotopic (exact) mass is 326 g/mol. The summed E-state index contributed by atoms with van der Waals surface area (Å²) in [7, 11) is 1.86. The molecule has 0 saturated carbocycles. The smallest absolute Gasteiger partial charge is 0.238 e.